The molecule has 1 saturated carbocycles. The van der Waals surface area contributed by atoms with Crippen LogP contribution in [0, 0.1) is 12.3 Å². The van der Waals surface area contributed by atoms with Crippen LogP contribution in [-0.4, -0.2) is 73.4 Å². The van der Waals surface area contributed by atoms with Gasteiger partial charge in [0.1, 0.15) is 5.76 Å². The van der Waals surface area contributed by atoms with Crippen LogP contribution in [0.5, 0.6) is 0 Å². The number of piperazine rings is 1. The molecule has 1 aliphatic carbocycles. The zero-order valence-electron chi connectivity index (χ0n) is 17.6. The minimum absolute atomic E-state index is 0. The van der Waals surface area contributed by atoms with Gasteiger partial charge in [0, 0.05) is 65.1 Å². The van der Waals surface area contributed by atoms with Crippen molar-refractivity contribution in [3.63, 3.8) is 0 Å². The predicted octanol–water partition coefficient (Wildman–Crippen LogP) is 2.89. The number of ether oxygens (including phenoxy) is 1. The molecule has 1 saturated heterocycles. The van der Waals surface area contributed by atoms with E-state index in [-0.39, 0.29) is 24.0 Å². The third-order valence-electron chi connectivity index (χ3n) is 5.57. The van der Waals surface area contributed by atoms with Crippen LogP contribution in [0.2, 0.25) is 0 Å². The normalized spacial score (nSPS) is 19.4. The van der Waals surface area contributed by atoms with Crippen molar-refractivity contribution in [1.82, 2.24) is 20.3 Å². The van der Waals surface area contributed by atoms with E-state index in [9.17, 15) is 0 Å². The number of aryl methyl sites for hydroxylation is 1. The average Bonchev–Trinajstić information content (AvgIpc) is 3.33. The van der Waals surface area contributed by atoms with Gasteiger partial charge in [-0.3, -0.25) is 9.89 Å². The highest BCUT2D eigenvalue weighted by molar-refractivity contribution is 14.0. The monoisotopic (exact) mass is 505 g/mol. The lowest BCUT2D eigenvalue weighted by molar-refractivity contribution is 0.129. The van der Waals surface area contributed by atoms with Crippen molar-refractivity contribution in [2.75, 3.05) is 52.5 Å². The average molecular weight is 505 g/mol. The van der Waals surface area contributed by atoms with Gasteiger partial charge in [-0.25, -0.2) is 0 Å². The molecule has 0 radical (unpaired) electrons. The Bertz CT molecular complexity index is 609. The molecule has 0 unspecified atom stereocenters. The summed E-state index contributed by atoms with van der Waals surface area (Å²) in [6.45, 7) is 14.5. The number of halogens is 1. The second-order valence-corrected chi connectivity index (χ2v) is 7.81. The Morgan fingerprint density at radius 1 is 1.29 bits per heavy atom. The number of hydrogen-bond donors (Lipinski definition) is 1. The molecule has 2 fully saturated rings. The van der Waals surface area contributed by atoms with Crippen LogP contribution >= 0.6 is 24.0 Å². The van der Waals surface area contributed by atoms with Crippen molar-refractivity contribution in [3.05, 3.63) is 17.5 Å². The smallest absolute Gasteiger partial charge is 0.194 e. The first kappa shape index (κ1) is 23.4. The predicted molar refractivity (Wildman–Crippen MR) is 122 cm³/mol. The lowest BCUT2D eigenvalue weighted by Crippen LogP contribution is -2.52. The molecule has 0 spiro atoms. The Balaban J connectivity index is 0.00000280. The molecule has 0 atom stereocenters. The van der Waals surface area contributed by atoms with Crippen molar-refractivity contribution < 1.29 is 9.26 Å². The first-order valence-electron chi connectivity index (χ1n) is 10.4. The summed E-state index contributed by atoms with van der Waals surface area (Å²) in [5.74, 6) is 1.95. The van der Waals surface area contributed by atoms with Gasteiger partial charge in [-0.05, 0) is 45.4 Å². The molecular formula is C20H36IN5O2. The lowest BCUT2D eigenvalue weighted by Gasteiger charge is -2.36. The van der Waals surface area contributed by atoms with Crippen LogP contribution in [0.15, 0.2) is 15.6 Å². The van der Waals surface area contributed by atoms with Crippen molar-refractivity contribution in [3.8, 4) is 0 Å². The second kappa shape index (κ2) is 11.3. The van der Waals surface area contributed by atoms with Crippen molar-refractivity contribution in [1.29, 1.82) is 0 Å². The van der Waals surface area contributed by atoms with Crippen LogP contribution in [0.4, 0.5) is 0 Å². The van der Waals surface area contributed by atoms with Crippen molar-refractivity contribution in [2.24, 2.45) is 10.4 Å². The summed E-state index contributed by atoms with van der Waals surface area (Å²) in [7, 11) is 0. The number of aromatic nitrogens is 1. The molecule has 7 nitrogen and oxygen atoms in total. The van der Waals surface area contributed by atoms with Gasteiger partial charge >= 0.3 is 0 Å². The van der Waals surface area contributed by atoms with Crippen LogP contribution in [0.3, 0.4) is 0 Å². The maximum atomic E-state index is 5.55. The minimum Gasteiger partial charge on any atom is -0.382 e. The van der Waals surface area contributed by atoms with Gasteiger partial charge in [-0.2, -0.15) is 0 Å². The highest BCUT2D eigenvalue weighted by Gasteiger charge is 2.42. The summed E-state index contributed by atoms with van der Waals surface area (Å²) in [4.78, 5) is 9.82. The number of rotatable bonds is 9. The molecule has 8 heteroatoms. The van der Waals surface area contributed by atoms with Crippen LogP contribution in [0.25, 0.3) is 0 Å². The number of guanidine groups is 1. The third kappa shape index (κ3) is 6.88. The van der Waals surface area contributed by atoms with Crippen molar-refractivity contribution >= 4 is 29.9 Å². The summed E-state index contributed by atoms with van der Waals surface area (Å²) in [6.07, 6.45) is 3.70. The highest BCUT2D eigenvalue weighted by atomic mass is 127. The minimum atomic E-state index is 0. The maximum absolute atomic E-state index is 5.55. The van der Waals surface area contributed by atoms with E-state index in [1.807, 2.05) is 13.0 Å². The van der Waals surface area contributed by atoms with Gasteiger partial charge in [-0.1, -0.05) is 5.16 Å². The summed E-state index contributed by atoms with van der Waals surface area (Å²) >= 11 is 0. The Labute approximate surface area is 186 Å². The maximum Gasteiger partial charge on any atom is 0.194 e. The number of nitrogens with one attached hydrogen (secondary N) is 1. The summed E-state index contributed by atoms with van der Waals surface area (Å²) in [5.41, 5.74) is 1.41. The zero-order chi connectivity index (χ0) is 19.1. The summed E-state index contributed by atoms with van der Waals surface area (Å²) in [5, 5.41) is 7.60. The number of nitrogens with zero attached hydrogens (tertiary/aromatic N) is 4. The summed E-state index contributed by atoms with van der Waals surface area (Å²) in [6, 6.07) is 2.02. The SMILES string of the molecule is CCNC(=NCC1(CCOCC)CC1)N1CCN(Cc2cc(C)on2)CC1.I. The van der Waals surface area contributed by atoms with E-state index in [0.717, 1.165) is 82.9 Å². The molecule has 3 rings (SSSR count). The third-order valence-corrected chi connectivity index (χ3v) is 5.57. The van der Waals surface area contributed by atoms with E-state index in [4.69, 9.17) is 14.3 Å². The molecule has 0 bridgehead atoms. The van der Waals surface area contributed by atoms with Crippen molar-refractivity contribution in [2.45, 2.75) is 46.6 Å². The molecule has 160 valence electrons. The molecule has 1 aliphatic heterocycles. The molecule has 2 heterocycles. The van der Waals surface area contributed by atoms with E-state index in [1.165, 1.54) is 12.8 Å². The summed E-state index contributed by atoms with van der Waals surface area (Å²) < 4.78 is 10.7. The second-order valence-electron chi connectivity index (χ2n) is 7.81. The molecule has 2 aliphatic rings. The Kier molecular flexibility index (Phi) is 9.49. The number of hydrogen-bond acceptors (Lipinski definition) is 5. The lowest BCUT2D eigenvalue weighted by atomic mass is 10.0. The molecule has 0 amide bonds. The van der Waals surface area contributed by atoms with Gasteiger partial charge in [0.15, 0.2) is 5.96 Å². The van der Waals surface area contributed by atoms with Crippen LogP contribution in [0.1, 0.15) is 44.6 Å². The first-order chi connectivity index (χ1) is 13.1. The van der Waals surface area contributed by atoms with Gasteiger partial charge in [0.2, 0.25) is 0 Å². The van der Waals surface area contributed by atoms with Gasteiger partial charge in [-0.15, -0.1) is 24.0 Å². The van der Waals surface area contributed by atoms with Gasteiger partial charge in [0.05, 0.1) is 5.69 Å². The fourth-order valence-corrected chi connectivity index (χ4v) is 3.60. The fourth-order valence-electron chi connectivity index (χ4n) is 3.60. The Hall–Kier alpha value is -0.870. The van der Waals surface area contributed by atoms with E-state index in [0.29, 0.717) is 5.41 Å². The van der Waals surface area contributed by atoms with E-state index >= 15 is 0 Å². The standard InChI is InChI=1S/C20H35N5O2.HI/c1-4-21-19(22-16-20(6-7-20)8-13-26-5-2)25-11-9-24(10-12-25)15-18-14-17(3)27-23-18;/h14H,4-13,15-16H2,1-3H3,(H,21,22);1H. The topological polar surface area (TPSA) is 66.1 Å². The Morgan fingerprint density at radius 2 is 2.04 bits per heavy atom. The Morgan fingerprint density at radius 3 is 2.61 bits per heavy atom. The largest absolute Gasteiger partial charge is 0.382 e. The van der Waals surface area contributed by atoms with Gasteiger partial charge in [0.25, 0.3) is 0 Å². The zero-order valence-corrected chi connectivity index (χ0v) is 19.9. The van der Waals surface area contributed by atoms with E-state index < -0.39 is 0 Å². The number of aliphatic imine (C=N–C) groups is 1. The molecule has 1 aromatic heterocycles. The first-order valence-corrected chi connectivity index (χ1v) is 10.4. The molecule has 1 aromatic rings. The van der Waals surface area contributed by atoms with Crippen LogP contribution in [-0.2, 0) is 11.3 Å². The van der Waals surface area contributed by atoms with Crippen LogP contribution < -0.4 is 5.32 Å². The fraction of sp³-hybridized carbons (Fsp3) is 0.800. The van der Waals surface area contributed by atoms with Gasteiger partial charge < -0.3 is 19.5 Å². The molecular weight excluding hydrogens is 469 g/mol. The quantitative estimate of drug-likeness (QED) is 0.241. The van der Waals surface area contributed by atoms with E-state index in [1.54, 1.807) is 0 Å². The molecule has 1 N–H and O–H groups in total. The molecule has 0 aromatic carbocycles. The molecule has 28 heavy (non-hydrogen) atoms. The van der Waals surface area contributed by atoms with E-state index in [2.05, 4.69) is 34.1 Å². The highest BCUT2D eigenvalue weighted by Crippen LogP contribution is 2.49.